The van der Waals surface area contributed by atoms with Gasteiger partial charge in [0.1, 0.15) is 0 Å². The summed E-state index contributed by atoms with van der Waals surface area (Å²) in [5.41, 5.74) is -0.562. The highest BCUT2D eigenvalue weighted by Crippen LogP contribution is 2.12. The van der Waals surface area contributed by atoms with Gasteiger partial charge in [0, 0.05) is 24.5 Å². The molecule has 0 aromatic carbocycles. The molecule has 0 fully saturated rings. The Labute approximate surface area is 147 Å². The summed E-state index contributed by atoms with van der Waals surface area (Å²) in [7, 11) is 0. The summed E-state index contributed by atoms with van der Waals surface area (Å²) in [4.78, 5) is 11.6. The lowest BCUT2D eigenvalue weighted by molar-refractivity contribution is -0.128. The van der Waals surface area contributed by atoms with Crippen molar-refractivity contribution in [1.29, 1.82) is 0 Å². The van der Waals surface area contributed by atoms with E-state index in [9.17, 15) is 9.90 Å². The van der Waals surface area contributed by atoms with Crippen molar-refractivity contribution in [2.45, 2.75) is 53.6 Å². The molecule has 144 valence electrons. The highest BCUT2D eigenvalue weighted by molar-refractivity contribution is 5.81. The fourth-order valence-electron chi connectivity index (χ4n) is 1.63. The molecular formula is C18H37NO5. The van der Waals surface area contributed by atoms with Gasteiger partial charge in [0.2, 0.25) is 5.91 Å². The lowest BCUT2D eigenvalue weighted by atomic mass is 9.96. The van der Waals surface area contributed by atoms with Crippen LogP contribution in [0.25, 0.3) is 0 Å². The molecule has 0 unspecified atom stereocenters. The Balaban J connectivity index is 3.51. The minimum absolute atomic E-state index is 0.0168. The SMILES string of the molecule is CC(C)(C)OC[C@@H](CO)COCCOCCCNC(=O)C(C)(C)C. The van der Waals surface area contributed by atoms with Gasteiger partial charge in [0.15, 0.2) is 0 Å². The summed E-state index contributed by atoms with van der Waals surface area (Å²) in [5.74, 6) is 0.0372. The first-order valence-electron chi connectivity index (χ1n) is 8.75. The van der Waals surface area contributed by atoms with E-state index >= 15 is 0 Å². The molecule has 0 aromatic rings. The second kappa shape index (κ2) is 11.8. The first-order chi connectivity index (χ1) is 11.1. The van der Waals surface area contributed by atoms with Crippen LogP contribution in [0.2, 0.25) is 0 Å². The van der Waals surface area contributed by atoms with E-state index in [1.165, 1.54) is 0 Å². The summed E-state index contributed by atoms with van der Waals surface area (Å²) in [6, 6.07) is 0. The third-order valence-corrected chi connectivity index (χ3v) is 3.17. The summed E-state index contributed by atoms with van der Waals surface area (Å²) < 4.78 is 16.6. The van der Waals surface area contributed by atoms with Crippen LogP contribution in [0.1, 0.15) is 48.0 Å². The monoisotopic (exact) mass is 347 g/mol. The standard InChI is InChI=1S/C18H37NO5/c1-17(2,3)16(21)19-8-7-9-22-10-11-23-13-15(12-20)14-24-18(4,5)6/h15,20H,7-14H2,1-6H3,(H,19,21)/t15-/m0/s1. The maximum atomic E-state index is 11.6. The van der Waals surface area contributed by atoms with Gasteiger partial charge >= 0.3 is 0 Å². The van der Waals surface area contributed by atoms with Crippen molar-refractivity contribution in [3.8, 4) is 0 Å². The van der Waals surface area contributed by atoms with Gasteiger partial charge in [-0.05, 0) is 27.2 Å². The fourth-order valence-corrected chi connectivity index (χ4v) is 1.63. The van der Waals surface area contributed by atoms with Crippen molar-refractivity contribution < 1.29 is 24.1 Å². The number of carbonyl (C=O) groups is 1. The number of hydrogen-bond acceptors (Lipinski definition) is 5. The Morgan fingerprint density at radius 2 is 1.62 bits per heavy atom. The van der Waals surface area contributed by atoms with E-state index < -0.39 is 0 Å². The molecule has 0 heterocycles. The quantitative estimate of drug-likeness (QED) is 0.528. The first-order valence-corrected chi connectivity index (χ1v) is 8.75. The molecule has 0 aliphatic rings. The van der Waals surface area contributed by atoms with Gasteiger partial charge in [-0.1, -0.05) is 20.8 Å². The van der Waals surface area contributed by atoms with E-state index in [-0.39, 0.29) is 29.4 Å². The molecule has 0 saturated carbocycles. The van der Waals surface area contributed by atoms with Crippen LogP contribution >= 0.6 is 0 Å². The van der Waals surface area contributed by atoms with Gasteiger partial charge in [-0.3, -0.25) is 4.79 Å². The number of nitrogens with one attached hydrogen (secondary N) is 1. The number of amides is 1. The van der Waals surface area contributed by atoms with Crippen molar-refractivity contribution in [1.82, 2.24) is 5.32 Å². The second-order valence-corrected chi connectivity index (χ2v) is 8.02. The Morgan fingerprint density at radius 3 is 2.17 bits per heavy atom. The first kappa shape index (κ1) is 23.3. The molecule has 0 spiro atoms. The number of hydrogen-bond donors (Lipinski definition) is 2. The Hall–Kier alpha value is -0.690. The topological polar surface area (TPSA) is 77.0 Å². The summed E-state index contributed by atoms with van der Waals surface area (Å²) in [6.07, 6.45) is 0.778. The summed E-state index contributed by atoms with van der Waals surface area (Å²) >= 11 is 0. The van der Waals surface area contributed by atoms with Crippen LogP contribution in [-0.2, 0) is 19.0 Å². The van der Waals surface area contributed by atoms with Gasteiger partial charge in [-0.25, -0.2) is 0 Å². The van der Waals surface area contributed by atoms with E-state index in [2.05, 4.69) is 5.32 Å². The maximum absolute atomic E-state index is 11.6. The van der Waals surface area contributed by atoms with E-state index in [0.29, 0.717) is 39.6 Å². The molecule has 1 atom stereocenters. The number of ether oxygens (including phenoxy) is 3. The lowest BCUT2D eigenvalue weighted by Gasteiger charge is -2.23. The Morgan fingerprint density at radius 1 is 1.00 bits per heavy atom. The van der Waals surface area contributed by atoms with Crippen LogP contribution in [0.3, 0.4) is 0 Å². The minimum Gasteiger partial charge on any atom is -0.396 e. The van der Waals surface area contributed by atoms with E-state index in [1.807, 2.05) is 41.5 Å². The molecule has 0 radical (unpaired) electrons. The van der Waals surface area contributed by atoms with E-state index in [1.54, 1.807) is 0 Å². The van der Waals surface area contributed by atoms with Crippen LogP contribution < -0.4 is 5.32 Å². The number of aliphatic hydroxyl groups is 1. The second-order valence-electron chi connectivity index (χ2n) is 8.02. The molecule has 0 aromatic heterocycles. The molecule has 24 heavy (non-hydrogen) atoms. The molecule has 6 heteroatoms. The average molecular weight is 347 g/mol. The zero-order chi connectivity index (χ0) is 18.6. The fraction of sp³-hybridized carbons (Fsp3) is 0.944. The molecule has 6 nitrogen and oxygen atoms in total. The van der Waals surface area contributed by atoms with Crippen molar-refractivity contribution in [2.24, 2.45) is 11.3 Å². The molecule has 1 amide bonds. The third kappa shape index (κ3) is 13.7. The van der Waals surface area contributed by atoms with Gasteiger partial charge < -0.3 is 24.6 Å². The minimum atomic E-state index is -0.353. The zero-order valence-corrected chi connectivity index (χ0v) is 16.3. The van der Waals surface area contributed by atoms with Crippen LogP contribution in [0.4, 0.5) is 0 Å². The van der Waals surface area contributed by atoms with Crippen molar-refractivity contribution >= 4 is 5.91 Å². The van der Waals surface area contributed by atoms with E-state index in [0.717, 1.165) is 6.42 Å². The lowest BCUT2D eigenvalue weighted by Crippen LogP contribution is -2.35. The predicted octanol–water partition coefficient (Wildman–Crippen LogP) is 2.00. The summed E-state index contributed by atoms with van der Waals surface area (Å²) in [5, 5.41) is 12.2. The van der Waals surface area contributed by atoms with Crippen molar-refractivity contribution in [3.05, 3.63) is 0 Å². The van der Waals surface area contributed by atoms with Crippen LogP contribution in [0, 0.1) is 11.3 Å². The van der Waals surface area contributed by atoms with Crippen LogP contribution in [0.5, 0.6) is 0 Å². The highest BCUT2D eigenvalue weighted by Gasteiger charge is 2.20. The molecule has 2 N–H and O–H groups in total. The molecule has 0 saturated heterocycles. The van der Waals surface area contributed by atoms with Gasteiger partial charge in [0.05, 0.1) is 38.6 Å². The third-order valence-electron chi connectivity index (χ3n) is 3.17. The summed E-state index contributed by atoms with van der Waals surface area (Å²) in [6.45, 7) is 14.8. The Kier molecular flexibility index (Phi) is 11.5. The predicted molar refractivity (Wildman–Crippen MR) is 95.0 cm³/mol. The molecule has 0 bridgehead atoms. The highest BCUT2D eigenvalue weighted by atomic mass is 16.5. The average Bonchev–Trinajstić information content (AvgIpc) is 2.46. The molecule has 0 aliphatic carbocycles. The van der Waals surface area contributed by atoms with Crippen molar-refractivity contribution in [2.75, 3.05) is 46.2 Å². The normalized spacial score (nSPS) is 13.8. The molecule has 0 aliphatic heterocycles. The smallest absolute Gasteiger partial charge is 0.225 e. The number of carbonyl (C=O) groups excluding carboxylic acids is 1. The van der Waals surface area contributed by atoms with Crippen molar-refractivity contribution in [3.63, 3.8) is 0 Å². The number of aliphatic hydroxyl groups excluding tert-OH is 1. The van der Waals surface area contributed by atoms with E-state index in [4.69, 9.17) is 14.2 Å². The van der Waals surface area contributed by atoms with Gasteiger partial charge in [0.25, 0.3) is 0 Å². The maximum Gasteiger partial charge on any atom is 0.225 e. The zero-order valence-electron chi connectivity index (χ0n) is 16.3. The largest absolute Gasteiger partial charge is 0.396 e. The Bertz CT molecular complexity index is 333. The van der Waals surface area contributed by atoms with Crippen LogP contribution in [0.15, 0.2) is 0 Å². The van der Waals surface area contributed by atoms with Gasteiger partial charge in [-0.15, -0.1) is 0 Å². The molecular weight excluding hydrogens is 310 g/mol. The number of rotatable bonds is 12. The molecule has 0 rings (SSSR count). The van der Waals surface area contributed by atoms with Gasteiger partial charge in [-0.2, -0.15) is 0 Å². The van der Waals surface area contributed by atoms with Crippen LogP contribution in [-0.4, -0.2) is 62.8 Å².